The van der Waals surface area contributed by atoms with Gasteiger partial charge in [0.2, 0.25) is 0 Å². The van der Waals surface area contributed by atoms with E-state index < -0.39 is 0 Å². The summed E-state index contributed by atoms with van der Waals surface area (Å²) < 4.78 is 0. The largest absolute Gasteiger partial charge is 0.344 e. The van der Waals surface area contributed by atoms with Gasteiger partial charge in [0.25, 0.3) is 0 Å². The molecular weight excluding hydrogens is 123 g/mol. The lowest BCUT2D eigenvalue weighted by atomic mass is 10.7. The van der Waals surface area contributed by atoms with Crippen molar-refractivity contribution in [2.75, 3.05) is 0 Å². The molecule has 0 saturated heterocycles. The fourth-order valence-corrected chi connectivity index (χ4v) is 0.205. The predicted octanol–water partition coefficient (Wildman–Crippen LogP) is 0.0917. The Hall–Kier alpha value is -0.600. The van der Waals surface area contributed by atoms with Crippen LogP contribution in [0.15, 0.2) is 18.5 Å². The van der Waals surface area contributed by atoms with E-state index in [2.05, 4.69) is 15.4 Å². The molecule has 46 valence electrons. The van der Waals surface area contributed by atoms with Gasteiger partial charge >= 0.3 is 0 Å². The number of nitrogens with zero attached hydrogens (tertiary/aromatic N) is 3. The quantitative estimate of drug-likeness (QED) is 0.508. The highest BCUT2D eigenvalue weighted by molar-refractivity contribution is 6.92. The second-order valence-electron chi connectivity index (χ2n) is 0.811. The van der Waals surface area contributed by atoms with Gasteiger partial charge in [0.05, 0.1) is 12.4 Å². The zero-order chi connectivity index (χ0) is 4.24. The van der Waals surface area contributed by atoms with Crippen molar-refractivity contribution in [3.8, 4) is 0 Å². The Labute approximate surface area is 50.9 Å². The third kappa shape index (κ3) is 3.59. The van der Waals surface area contributed by atoms with Crippen molar-refractivity contribution in [3.05, 3.63) is 18.5 Å². The maximum atomic E-state index is 3.42. The molecule has 0 saturated carbocycles. The van der Waals surface area contributed by atoms with Gasteiger partial charge in [-0.1, -0.05) is 0 Å². The van der Waals surface area contributed by atoms with Gasteiger partial charge in [-0.25, -0.2) is 0 Å². The molecule has 1 heterocycles. The molecule has 0 bridgehead atoms. The smallest absolute Gasteiger partial charge is 0.0529 e. The van der Waals surface area contributed by atoms with E-state index in [1.54, 1.807) is 18.5 Å². The molecular formula is C3H9N4P. The molecule has 1 unspecified atom stereocenters. The lowest BCUT2D eigenvalue weighted by molar-refractivity contribution is 0.865. The summed E-state index contributed by atoms with van der Waals surface area (Å²) in [5, 5.41) is 10.1. The van der Waals surface area contributed by atoms with E-state index in [1.807, 2.05) is 0 Å². The van der Waals surface area contributed by atoms with Crippen molar-refractivity contribution < 1.29 is 0 Å². The van der Waals surface area contributed by atoms with Crippen LogP contribution in [0.4, 0.5) is 0 Å². The summed E-state index contributed by atoms with van der Waals surface area (Å²) in [4.78, 5) is 0. The minimum absolute atomic E-state index is 0. The Kier molecular flexibility index (Phi) is 8.32. The topological polar surface area (TPSA) is 73.7 Å². The van der Waals surface area contributed by atoms with Gasteiger partial charge in [0.1, 0.15) is 0 Å². The van der Waals surface area contributed by atoms with E-state index >= 15 is 0 Å². The molecule has 0 fully saturated rings. The van der Waals surface area contributed by atoms with Gasteiger partial charge in [-0.15, -0.1) is 10.2 Å². The third-order valence-electron chi connectivity index (χ3n) is 0.409. The summed E-state index contributed by atoms with van der Waals surface area (Å²) in [6.07, 6.45) is 3.15. The fraction of sp³-hybridized carbons (Fsp3) is 0. The lowest BCUT2D eigenvalue weighted by Crippen LogP contribution is -1.78. The van der Waals surface area contributed by atoms with E-state index in [-0.39, 0.29) is 16.0 Å². The van der Waals surface area contributed by atoms with E-state index in [4.69, 9.17) is 0 Å². The average Bonchev–Trinajstić information content (AvgIpc) is 1.72. The molecule has 0 spiro atoms. The van der Waals surface area contributed by atoms with Crippen LogP contribution in [0.5, 0.6) is 0 Å². The molecule has 5 heteroatoms. The molecule has 1 aromatic rings. The van der Waals surface area contributed by atoms with Crippen LogP contribution in [0.3, 0.4) is 0 Å². The van der Waals surface area contributed by atoms with Gasteiger partial charge in [0, 0.05) is 0 Å². The lowest BCUT2D eigenvalue weighted by Gasteiger charge is -1.68. The Balaban J connectivity index is 0. The molecule has 0 amide bonds. The highest BCUT2D eigenvalue weighted by atomic mass is 31.0. The first-order valence-corrected chi connectivity index (χ1v) is 1.58. The number of aromatic nitrogens is 3. The van der Waals surface area contributed by atoms with Crippen LogP contribution in [-0.4, -0.2) is 15.4 Å². The van der Waals surface area contributed by atoms with Crippen LogP contribution in [0.1, 0.15) is 0 Å². The number of hydrogen-bond acceptors (Lipinski definition) is 4. The van der Waals surface area contributed by atoms with Crippen molar-refractivity contribution in [2.24, 2.45) is 0 Å². The Morgan fingerprint density at radius 2 is 1.50 bits per heavy atom. The van der Waals surface area contributed by atoms with Crippen LogP contribution in [-0.2, 0) is 0 Å². The molecule has 0 aliphatic carbocycles. The standard InChI is InChI=1S/C3H3N3.H3N.H3P/c1-2-4-6-5-3-1;;/h1-3H;2*1H3. The van der Waals surface area contributed by atoms with E-state index in [0.717, 1.165) is 0 Å². The van der Waals surface area contributed by atoms with E-state index in [1.165, 1.54) is 0 Å². The maximum absolute atomic E-state index is 3.42. The van der Waals surface area contributed by atoms with Crippen LogP contribution >= 0.6 is 9.90 Å². The van der Waals surface area contributed by atoms with Crippen LogP contribution in [0.2, 0.25) is 0 Å². The highest BCUT2D eigenvalue weighted by Crippen LogP contribution is 1.61. The van der Waals surface area contributed by atoms with Crippen molar-refractivity contribution >= 4 is 9.90 Å². The van der Waals surface area contributed by atoms with Gasteiger partial charge in [0.15, 0.2) is 0 Å². The molecule has 0 radical (unpaired) electrons. The van der Waals surface area contributed by atoms with Gasteiger partial charge in [-0.2, -0.15) is 9.90 Å². The SMILES string of the molecule is N.P.c1cnnnc1. The fourth-order valence-electron chi connectivity index (χ4n) is 0.205. The first-order valence-electron chi connectivity index (χ1n) is 1.58. The molecule has 1 atom stereocenters. The summed E-state index contributed by atoms with van der Waals surface area (Å²) in [7, 11) is 0. The van der Waals surface area contributed by atoms with Gasteiger partial charge in [-0.3, -0.25) is 0 Å². The monoisotopic (exact) mass is 132 g/mol. The summed E-state index contributed by atoms with van der Waals surface area (Å²) in [5.74, 6) is 0. The van der Waals surface area contributed by atoms with Gasteiger partial charge < -0.3 is 6.15 Å². The zero-order valence-electron chi connectivity index (χ0n) is 4.49. The average molecular weight is 132 g/mol. The molecule has 8 heavy (non-hydrogen) atoms. The molecule has 1 rings (SSSR count). The van der Waals surface area contributed by atoms with Crippen LogP contribution in [0.25, 0.3) is 0 Å². The van der Waals surface area contributed by atoms with Crippen molar-refractivity contribution in [2.45, 2.75) is 0 Å². The van der Waals surface area contributed by atoms with Crippen molar-refractivity contribution in [1.82, 2.24) is 21.6 Å². The van der Waals surface area contributed by atoms with Crippen LogP contribution < -0.4 is 6.15 Å². The Morgan fingerprint density at radius 3 is 1.62 bits per heavy atom. The van der Waals surface area contributed by atoms with Crippen molar-refractivity contribution in [1.29, 1.82) is 0 Å². The first kappa shape index (κ1) is 10.4. The number of hydrogen-bond donors (Lipinski definition) is 1. The van der Waals surface area contributed by atoms with Crippen molar-refractivity contribution in [3.63, 3.8) is 0 Å². The Morgan fingerprint density at radius 1 is 1.00 bits per heavy atom. The molecule has 4 nitrogen and oxygen atoms in total. The normalized spacial score (nSPS) is 6.00. The summed E-state index contributed by atoms with van der Waals surface area (Å²) in [5.41, 5.74) is 0. The maximum Gasteiger partial charge on any atom is 0.0529 e. The molecule has 1 aromatic heterocycles. The third-order valence-corrected chi connectivity index (χ3v) is 0.409. The molecule has 0 aliphatic heterocycles. The minimum Gasteiger partial charge on any atom is -0.344 e. The zero-order valence-corrected chi connectivity index (χ0v) is 5.90. The van der Waals surface area contributed by atoms with E-state index in [0.29, 0.717) is 0 Å². The summed E-state index contributed by atoms with van der Waals surface area (Å²) in [6.45, 7) is 0. The summed E-state index contributed by atoms with van der Waals surface area (Å²) in [6, 6.07) is 1.72. The first-order chi connectivity index (χ1) is 3.00. The molecule has 0 aliphatic rings. The second kappa shape index (κ2) is 6.40. The summed E-state index contributed by atoms with van der Waals surface area (Å²) >= 11 is 0. The van der Waals surface area contributed by atoms with Crippen LogP contribution in [0, 0.1) is 0 Å². The molecule has 0 aromatic carbocycles. The van der Waals surface area contributed by atoms with E-state index in [9.17, 15) is 0 Å². The second-order valence-corrected chi connectivity index (χ2v) is 0.811. The predicted molar refractivity (Wildman–Crippen MR) is 36.0 cm³/mol. The number of rotatable bonds is 0. The van der Waals surface area contributed by atoms with Gasteiger partial charge in [-0.05, 0) is 11.3 Å². The molecule has 3 N–H and O–H groups in total. The Bertz CT molecular complexity index is 83.2. The highest BCUT2D eigenvalue weighted by Gasteiger charge is 1.60. The minimum atomic E-state index is 0.